The summed E-state index contributed by atoms with van der Waals surface area (Å²) in [6.07, 6.45) is 4.88. The summed E-state index contributed by atoms with van der Waals surface area (Å²) in [5, 5.41) is 0. The minimum atomic E-state index is 0.432. The van der Waals surface area contributed by atoms with Gasteiger partial charge in [0.2, 0.25) is 0 Å². The summed E-state index contributed by atoms with van der Waals surface area (Å²) in [6.45, 7) is 10.2. The molecule has 1 heterocycles. The second-order valence-corrected chi connectivity index (χ2v) is 8.15. The first-order valence-corrected chi connectivity index (χ1v) is 8.94. The first kappa shape index (κ1) is 16.8. The van der Waals surface area contributed by atoms with Crippen LogP contribution in [0.25, 0.3) is 0 Å². The second-order valence-electron chi connectivity index (χ2n) is 7.30. The van der Waals surface area contributed by atoms with Crippen LogP contribution in [-0.4, -0.2) is 19.6 Å². The van der Waals surface area contributed by atoms with Gasteiger partial charge in [0.15, 0.2) is 0 Å². The molecule has 1 aliphatic rings. The van der Waals surface area contributed by atoms with Gasteiger partial charge in [0.1, 0.15) is 0 Å². The number of anilines is 1. The molecular formula is C18H29BrN2. The van der Waals surface area contributed by atoms with Gasteiger partial charge in [-0.15, -0.1) is 0 Å². The number of hydrogen-bond donors (Lipinski definition) is 1. The molecule has 1 fully saturated rings. The van der Waals surface area contributed by atoms with Crippen LogP contribution in [0.5, 0.6) is 0 Å². The lowest BCUT2D eigenvalue weighted by atomic mass is 9.77. The molecule has 1 aromatic rings. The Labute approximate surface area is 138 Å². The van der Waals surface area contributed by atoms with Crippen molar-refractivity contribution < 1.29 is 0 Å². The van der Waals surface area contributed by atoms with E-state index in [2.05, 4.69) is 59.8 Å². The Morgan fingerprint density at radius 3 is 2.62 bits per heavy atom. The molecule has 1 aromatic carbocycles. The van der Waals surface area contributed by atoms with Gasteiger partial charge < -0.3 is 10.6 Å². The van der Waals surface area contributed by atoms with Crippen molar-refractivity contribution in [2.24, 2.45) is 17.1 Å². The van der Waals surface area contributed by atoms with Gasteiger partial charge in [-0.2, -0.15) is 0 Å². The smallest absolute Gasteiger partial charge is 0.0377 e. The van der Waals surface area contributed by atoms with Crippen molar-refractivity contribution >= 4 is 21.6 Å². The highest BCUT2D eigenvalue weighted by Crippen LogP contribution is 2.35. The maximum absolute atomic E-state index is 5.66. The average molecular weight is 353 g/mol. The zero-order valence-electron chi connectivity index (χ0n) is 13.7. The lowest BCUT2D eigenvalue weighted by Crippen LogP contribution is -2.26. The van der Waals surface area contributed by atoms with Crippen LogP contribution in [0.15, 0.2) is 22.7 Å². The van der Waals surface area contributed by atoms with Crippen molar-refractivity contribution in [3.63, 3.8) is 0 Å². The molecule has 1 aliphatic heterocycles. The lowest BCUT2D eigenvalue weighted by Gasteiger charge is -2.30. The van der Waals surface area contributed by atoms with E-state index in [0.29, 0.717) is 12.0 Å². The normalized spacial score (nSPS) is 20.4. The number of benzene rings is 1. The molecule has 2 N–H and O–H groups in total. The predicted octanol–water partition coefficient (Wildman–Crippen LogP) is 4.60. The molecule has 1 unspecified atom stereocenters. The van der Waals surface area contributed by atoms with Crippen molar-refractivity contribution in [2.75, 3.05) is 24.5 Å². The minimum Gasteiger partial charge on any atom is -0.371 e. The zero-order valence-corrected chi connectivity index (χ0v) is 15.2. The maximum atomic E-state index is 5.66. The maximum Gasteiger partial charge on any atom is 0.0377 e. The summed E-state index contributed by atoms with van der Waals surface area (Å²) in [7, 11) is 0. The Morgan fingerprint density at radius 2 is 2.00 bits per heavy atom. The molecule has 0 spiro atoms. The highest BCUT2D eigenvalue weighted by atomic mass is 79.9. The predicted molar refractivity (Wildman–Crippen MR) is 95.9 cm³/mol. The molecule has 1 atom stereocenters. The first-order chi connectivity index (χ1) is 9.91. The van der Waals surface area contributed by atoms with Crippen molar-refractivity contribution in [1.29, 1.82) is 0 Å². The first-order valence-electron chi connectivity index (χ1n) is 8.15. The Balaban J connectivity index is 2.07. The van der Waals surface area contributed by atoms with E-state index in [1.165, 1.54) is 48.1 Å². The Morgan fingerprint density at radius 1 is 1.24 bits per heavy atom. The summed E-state index contributed by atoms with van der Waals surface area (Å²) < 4.78 is 1.20. The fraction of sp³-hybridized carbons (Fsp3) is 0.667. The van der Waals surface area contributed by atoms with Gasteiger partial charge in [-0.05, 0) is 61.3 Å². The van der Waals surface area contributed by atoms with E-state index in [0.717, 1.165) is 12.3 Å². The molecule has 2 nitrogen and oxygen atoms in total. The fourth-order valence-corrected chi connectivity index (χ4v) is 3.88. The van der Waals surface area contributed by atoms with Crippen LogP contribution in [0.2, 0.25) is 0 Å². The van der Waals surface area contributed by atoms with Gasteiger partial charge in [-0.1, -0.05) is 42.8 Å². The van der Waals surface area contributed by atoms with Crippen molar-refractivity contribution in [3.05, 3.63) is 28.2 Å². The van der Waals surface area contributed by atoms with Gasteiger partial charge in [-0.25, -0.2) is 0 Å². The lowest BCUT2D eigenvalue weighted by molar-refractivity contribution is 0.220. The second kappa shape index (κ2) is 7.15. The van der Waals surface area contributed by atoms with Crippen LogP contribution < -0.4 is 10.6 Å². The molecule has 0 amide bonds. The number of nitrogens with two attached hydrogens (primary N) is 1. The highest BCUT2D eigenvalue weighted by molar-refractivity contribution is 9.10. The molecule has 21 heavy (non-hydrogen) atoms. The number of rotatable bonds is 3. The van der Waals surface area contributed by atoms with E-state index >= 15 is 0 Å². The molecule has 0 radical (unpaired) electrons. The van der Waals surface area contributed by atoms with Gasteiger partial charge in [-0.3, -0.25) is 0 Å². The van der Waals surface area contributed by atoms with Crippen LogP contribution in [0.3, 0.4) is 0 Å². The van der Waals surface area contributed by atoms with Crippen LogP contribution >= 0.6 is 15.9 Å². The van der Waals surface area contributed by atoms with E-state index in [9.17, 15) is 0 Å². The van der Waals surface area contributed by atoms with Crippen molar-refractivity contribution in [2.45, 2.75) is 46.5 Å². The van der Waals surface area contributed by atoms with Crippen molar-refractivity contribution in [3.8, 4) is 0 Å². The molecule has 3 heteroatoms. The summed E-state index contributed by atoms with van der Waals surface area (Å²) in [5.41, 5.74) is 8.74. The quantitative estimate of drug-likeness (QED) is 0.860. The molecule has 0 bridgehead atoms. The Hall–Kier alpha value is -0.540. The number of nitrogens with zero attached hydrogens (tertiary/aromatic N) is 1. The molecule has 0 aliphatic carbocycles. The average Bonchev–Trinajstić information content (AvgIpc) is 2.66. The van der Waals surface area contributed by atoms with Crippen LogP contribution in [0, 0.1) is 11.3 Å². The zero-order chi connectivity index (χ0) is 15.5. The van der Waals surface area contributed by atoms with E-state index in [4.69, 9.17) is 5.73 Å². The van der Waals surface area contributed by atoms with Crippen LogP contribution in [0.1, 0.15) is 45.6 Å². The third-order valence-electron chi connectivity index (χ3n) is 4.77. The van der Waals surface area contributed by atoms with Crippen LogP contribution in [0.4, 0.5) is 5.69 Å². The van der Waals surface area contributed by atoms with E-state index in [-0.39, 0.29) is 0 Å². The molecule has 1 saturated heterocycles. The van der Waals surface area contributed by atoms with Crippen LogP contribution in [-0.2, 0) is 6.42 Å². The van der Waals surface area contributed by atoms with E-state index < -0.39 is 0 Å². The SMILES string of the molecule is CC(C)(C)C1CCCN(c2ccc(CCN)c(Br)c2)CC1. The largest absolute Gasteiger partial charge is 0.371 e. The Bertz CT molecular complexity index is 465. The standard InChI is InChI=1S/C18H29BrN2/c1-18(2,3)15-5-4-11-21(12-9-15)16-7-6-14(8-10-20)17(19)13-16/h6-7,13,15H,4-5,8-12,20H2,1-3H3. The summed E-state index contributed by atoms with van der Waals surface area (Å²) in [6, 6.07) is 6.74. The van der Waals surface area contributed by atoms with E-state index in [1.807, 2.05) is 0 Å². The topological polar surface area (TPSA) is 29.3 Å². The molecular weight excluding hydrogens is 324 g/mol. The van der Waals surface area contributed by atoms with Crippen molar-refractivity contribution in [1.82, 2.24) is 0 Å². The van der Waals surface area contributed by atoms with E-state index in [1.54, 1.807) is 0 Å². The molecule has 0 aromatic heterocycles. The third-order valence-corrected chi connectivity index (χ3v) is 5.51. The Kier molecular flexibility index (Phi) is 5.73. The summed E-state index contributed by atoms with van der Waals surface area (Å²) in [4.78, 5) is 2.54. The molecule has 0 saturated carbocycles. The molecule has 2 rings (SSSR count). The highest BCUT2D eigenvalue weighted by Gasteiger charge is 2.27. The third kappa shape index (κ3) is 4.46. The van der Waals surface area contributed by atoms with Gasteiger partial charge in [0.25, 0.3) is 0 Å². The minimum absolute atomic E-state index is 0.432. The summed E-state index contributed by atoms with van der Waals surface area (Å²) >= 11 is 3.70. The van der Waals surface area contributed by atoms with Gasteiger partial charge in [0.05, 0.1) is 0 Å². The number of hydrogen-bond acceptors (Lipinski definition) is 2. The summed E-state index contributed by atoms with van der Waals surface area (Å²) in [5.74, 6) is 0.836. The van der Waals surface area contributed by atoms with Gasteiger partial charge >= 0.3 is 0 Å². The monoisotopic (exact) mass is 352 g/mol. The van der Waals surface area contributed by atoms with Gasteiger partial charge in [0, 0.05) is 23.2 Å². The number of halogens is 1. The molecule has 118 valence electrons. The fourth-order valence-electron chi connectivity index (χ4n) is 3.31.